The summed E-state index contributed by atoms with van der Waals surface area (Å²) in [4.78, 5) is 6.67. The van der Waals surface area contributed by atoms with Gasteiger partial charge in [-0.25, -0.2) is 10.8 Å². The third-order valence-electron chi connectivity index (χ3n) is 2.84. The molecule has 0 saturated heterocycles. The van der Waals surface area contributed by atoms with Crippen LogP contribution in [0.4, 0.5) is 0 Å². The summed E-state index contributed by atoms with van der Waals surface area (Å²) >= 11 is 0. The van der Waals surface area contributed by atoms with Gasteiger partial charge in [0.1, 0.15) is 0 Å². The van der Waals surface area contributed by atoms with Gasteiger partial charge in [-0.05, 0) is 19.8 Å². The predicted octanol–water partition coefficient (Wildman–Crippen LogP) is 1.09. The number of nitrogens with zero attached hydrogens (tertiary/aromatic N) is 2. The van der Waals surface area contributed by atoms with E-state index in [1.54, 1.807) is 0 Å². The van der Waals surface area contributed by atoms with Crippen molar-refractivity contribution >= 4 is 5.96 Å². The first-order valence-corrected chi connectivity index (χ1v) is 5.53. The van der Waals surface area contributed by atoms with Crippen molar-refractivity contribution < 1.29 is 0 Å². The summed E-state index contributed by atoms with van der Waals surface area (Å²) in [5.74, 6) is 6.26. The molecule has 4 heteroatoms. The second kappa shape index (κ2) is 5.86. The summed E-state index contributed by atoms with van der Waals surface area (Å²) in [5, 5.41) is 0. The van der Waals surface area contributed by atoms with Crippen molar-refractivity contribution in [3.63, 3.8) is 0 Å². The van der Waals surface area contributed by atoms with Crippen LogP contribution in [0.2, 0.25) is 0 Å². The number of hydrogen-bond donors (Lipinski definition) is 2. The zero-order valence-electron chi connectivity index (χ0n) is 9.29. The van der Waals surface area contributed by atoms with E-state index < -0.39 is 0 Å². The van der Waals surface area contributed by atoms with Gasteiger partial charge in [-0.15, -0.1) is 0 Å². The molecule has 0 atom stereocenters. The molecule has 14 heavy (non-hydrogen) atoms. The highest BCUT2D eigenvalue weighted by Gasteiger charge is 2.13. The van der Waals surface area contributed by atoms with Gasteiger partial charge in [0.15, 0.2) is 0 Å². The maximum absolute atomic E-state index is 5.44. The van der Waals surface area contributed by atoms with Crippen LogP contribution >= 0.6 is 0 Å². The number of hydrazine groups is 1. The molecular weight excluding hydrogens is 176 g/mol. The number of guanidine groups is 1. The lowest BCUT2D eigenvalue weighted by atomic mass is 9.96. The van der Waals surface area contributed by atoms with E-state index in [1.807, 2.05) is 11.9 Å². The first-order chi connectivity index (χ1) is 6.77. The highest BCUT2D eigenvalue weighted by molar-refractivity contribution is 5.79. The predicted molar refractivity (Wildman–Crippen MR) is 59.9 cm³/mol. The van der Waals surface area contributed by atoms with E-state index in [0.29, 0.717) is 6.04 Å². The zero-order valence-corrected chi connectivity index (χ0v) is 9.29. The summed E-state index contributed by atoms with van der Waals surface area (Å²) in [6.07, 6.45) is 6.40. The molecule has 0 unspecified atom stereocenters. The molecule has 1 saturated carbocycles. The summed E-state index contributed by atoms with van der Waals surface area (Å²) in [7, 11) is 2.00. The minimum Gasteiger partial charge on any atom is -0.345 e. The van der Waals surface area contributed by atoms with Crippen LogP contribution in [0.15, 0.2) is 4.99 Å². The largest absolute Gasteiger partial charge is 0.345 e. The van der Waals surface area contributed by atoms with Crippen molar-refractivity contribution in [2.24, 2.45) is 10.8 Å². The average Bonchev–Trinajstić information content (AvgIpc) is 2.26. The Morgan fingerprint density at radius 2 is 2.07 bits per heavy atom. The van der Waals surface area contributed by atoms with Gasteiger partial charge in [0.2, 0.25) is 5.96 Å². The highest BCUT2D eigenvalue weighted by Crippen LogP contribution is 2.20. The molecule has 0 bridgehead atoms. The van der Waals surface area contributed by atoms with Crippen molar-refractivity contribution in [1.82, 2.24) is 10.3 Å². The molecular formula is C10H22N4. The molecule has 0 heterocycles. The van der Waals surface area contributed by atoms with Gasteiger partial charge in [0.05, 0.1) is 6.04 Å². The highest BCUT2D eigenvalue weighted by atomic mass is 15.4. The molecule has 0 aromatic rings. The van der Waals surface area contributed by atoms with Gasteiger partial charge in [-0.3, -0.25) is 5.43 Å². The SMILES string of the molecule is CCN(C)C(=NC1CCCCC1)NN. The van der Waals surface area contributed by atoms with Crippen LogP contribution in [0.25, 0.3) is 0 Å². The Labute approximate surface area is 86.5 Å². The van der Waals surface area contributed by atoms with Crippen molar-refractivity contribution in [2.45, 2.75) is 45.1 Å². The van der Waals surface area contributed by atoms with Crippen molar-refractivity contribution in [2.75, 3.05) is 13.6 Å². The lowest BCUT2D eigenvalue weighted by molar-refractivity contribution is 0.429. The standard InChI is InChI=1S/C10H22N4/c1-3-14(2)10(13-11)12-9-7-5-4-6-8-9/h9H,3-8,11H2,1-2H3,(H,12,13). The molecule has 0 radical (unpaired) electrons. The van der Waals surface area contributed by atoms with Crippen LogP contribution in [0.1, 0.15) is 39.0 Å². The summed E-state index contributed by atoms with van der Waals surface area (Å²) < 4.78 is 0. The molecule has 82 valence electrons. The van der Waals surface area contributed by atoms with Gasteiger partial charge in [0.25, 0.3) is 0 Å². The lowest BCUT2D eigenvalue weighted by Crippen LogP contribution is -2.43. The Kier molecular flexibility index (Phi) is 4.73. The third kappa shape index (κ3) is 3.18. The second-order valence-electron chi connectivity index (χ2n) is 3.90. The van der Waals surface area contributed by atoms with Gasteiger partial charge in [0, 0.05) is 13.6 Å². The third-order valence-corrected chi connectivity index (χ3v) is 2.84. The van der Waals surface area contributed by atoms with Gasteiger partial charge in [-0.1, -0.05) is 19.3 Å². The molecule has 0 spiro atoms. The second-order valence-corrected chi connectivity index (χ2v) is 3.90. The summed E-state index contributed by atoms with van der Waals surface area (Å²) in [6.45, 7) is 3.02. The Balaban J connectivity index is 2.52. The normalized spacial score (nSPS) is 19.5. The average molecular weight is 198 g/mol. The van der Waals surface area contributed by atoms with E-state index in [2.05, 4.69) is 17.3 Å². The lowest BCUT2D eigenvalue weighted by Gasteiger charge is -2.23. The van der Waals surface area contributed by atoms with Crippen molar-refractivity contribution in [3.05, 3.63) is 0 Å². The first kappa shape index (κ1) is 11.3. The minimum absolute atomic E-state index is 0.476. The van der Waals surface area contributed by atoms with Crippen LogP contribution in [0.3, 0.4) is 0 Å². The molecule has 1 fully saturated rings. The van der Waals surface area contributed by atoms with Gasteiger partial charge >= 0.3 is 0 Å². The fraction of sp³-hybridized carbons (Fsp3) is 0.900. The number of nitrogens with one attached hydrogen (secondary N) is 1. The Morgan fingerprint density at radius 3 is 2.57 bits per heavy atom. The monoisotopic (exact) mass is 198 g/mol. The van der Waals surface area contributed by atoms with E-state index in [-0.39, 0.29) is 0 Å². The van der Waals surface area contributed by atoms with Gasteiger partial charge in [-0.2, -0.15) is 0 Å². The van der Waals surface area contributed by atoms with Crippen LogP contribution in [-0.4, -0.2) is 30.5 Å². The van der Waals surface area contributed by atoms with Crippen LogP contribution in [-0.2, 0) is 0 Å². The topological polar surface area (TPSA) is 53.6 Å². The van der Waals surface area contributed by atoms with Crippen molar-refractivity contribution in [3.8, 4) is 0 Å². The Morgan fingerprint density at radius 1 is 1.43 bits per heavy atom. The molecule has 1 aliphatic carbocycles. The maximum atomic E-state index is 5.44. The molecule has 1 aliphatic rings. The van der Waals surface area contributed by atoms with E-state index >= 15 is 0 Å². The molecule has 1 rings (SSSR count). The summed E-state index contributed by atoms with van der Waals surface area (Å²) in [6, 6.07) is 0.476. The number of nitrogens with two attached hydrogens (primary N) is 1. The van der Waals surface area contributed by atoms with Crippen LogP contribution < -0.4 is 11.3 Å². The minimum atomic E-state index is 0.476. The van der Waals surface area contributed by atoms with E-state index in [9.17, 15) is 0 Å². The summed E-state index contributed by atoms with van der Waals surface area (Å²) in [5.41, 5.74) is 2.68. The quantitative estimate of drug-likeness (QED) is 0.302. The van der Waals surface area contributed by atoms with Crippen LogP contribution in [0, 0.1) is 0 Å². The number of hydrogen-bond acceptors (Lipinski definition) is 2. The molecule has 0 amide bonds. The van der Waals surface area contributed by atoms with E-state index in [1.165, 1.54) is 32.1 Å². The molecule has 0 aromatic heterocycles. The van der Waals surface area contributed by atoms with E-state index in [4.69, 9.17) is 5.84 Å². The van der Waals surface area contributed by atoms with Crippen LogP contribution in [0.5, 0.6) is 0 Å². The molecule has 3 N–H and O–H groups in total. The smallest absolute Gasteiger partial charge is 0.208 e. The molecule has 0 aliphatic heterocycles. The fourth-order valence-corrected chi connectivity index (χ4v) is 1.78. The van der Waals surface area contributed by atoms with Gasteiger partial charge < -0.3 is 4.90 Å². The Bertz CT molecular complexity index is 185. The fourth-order valence-electron chi connectivity index (χ4n) is 1.78. The van der Waals surface area contributed by atoms with E-state index in [0.717, 1.165) is 12.5 Å². The zero-order chi connectivity index (χ0) is 10.4. The first-order valence-electron chi connectivity index (χ1n) is 5.53. The van der Waals surface area contributed by atoms with Crippen molar-refractivity contribution in [1.29, 1.82) is 0 Å². The maximum Gasteiger partial charge on any atom is 0.208 e. The number of rotatable bonds is 2. The number of aliphatic imine (C=N–C) groups is 1. The molecule has 4 nitrogen and oxygen atoms in total. The molecule has 0 aromatic carbocycles. The Hall–Kier alpha value is -0.770.